The molecule has 2 rings (SSSR count). The first-order valence-electron chi connectivity index (χ1n) is 6.61. The van der Waals surface area contributed by atoms with Crippen molar-refractivity contribution in [1.82, 2.24) is 15.1 Å². The number of likely N-dealkylation sites (tertiary alicyclic amines) is 1. The highest BCUT2D eigenvalue weighted by atomic mass is 16.2. The number of nitrogens with two attached hydrogens (primary N) is 1. The third-order valence-electron chi connectivity index (χ3n) is 4.07. The van der Waals surface area contributed by atoms with Gasteiger partial charge >= 0.3 is 0 Å². The van der Waals surface area contributed by atoms with Crippen LogP contribution in [0.2, 0.25) is 0 Å². The van der Waals surface area contributed by atoms with E-state index in [1.165, 1.54) is 19.3 Å². The standard InChI is InChI=1S/C12H24N4O/c1-15-10-2-3-11(15)8-16(7-4-10)9-12(17)14-6-5-13/h10-11H,2-9,13H2,1H3,(H,14,17). The molecule has 5 nitrogen and oxygen atoms in total. The molecule has 0 radical (unpaired) electrons. The van der Waals surface area contributed by atoms with Gasteiger partial charge in [-0.25, -0.2) is 0 Å². The van der Waals surface area contributed by atoms with Gasteiger partial charge in [-0.05, 0) is 26.3 Å². The SMILES string of the molecule is CN1C2CCC1CN(CC(=O)NCCN)CC2. The first-order valence-corrected chi connectivity index (χ1v) is 6.61. The lowest BCUT2D eigenvalue weighted by molar-refractivity contribution is -0.122. The molecule has 17 heavy (non-hydrogen) atoms. The van der Waals surface area contributed by atoms with Crippen LogP contribution in [-0.2, 0) is 4.79 Å². The van der Waals surface area contributed by atoms with Gasteiger partial charge in [-0.15, -0.1) is 0 Å². The molecular weight excluding hydrogens is 216 g/mol. The zero-order chi connectivity index (χ0) is 12.3. The number of nitrogens with one attached hydrogen (secondary N) is 1. The van der Waals surface area contributed by atoms with Gasteiger partial charge in [0.1, 0.15) is 0 Å². The normalized spacial score (nSPS) is 30.2. The summed E-state index contributed by atoms with van der Waals surface area (Å²) in [5.74, 6) is 0.107. The Balaban J connectivity index is 1.80. The Kier molecular flexibility index (Phi) is 4.36. The number of likely N-dealkylation sites (N-methyl/N-ethyl adjacent to an activating group) is 1. The van der Waals surface area contributed by atoms with E-state index in [4.69, 9.17) is 5.73 Å². The summed E-state index contributed by atoms with van der Waals surface area (Å²) in [4.78, 5) is 16.4. The van der Waals surface area contributed by atoms with Crippen molar-refractivity contribution < 1.29 is 4.79 Å². The predicted molar refractivity (Wildman–Crippen MR) is 67.7 cm³/mol. The Morgan fingerprint density at radius 3 is 2.88 bits per heavy atom. The third-order valence-corrected chi connectivity index (χ3v) is 4.07. The highest BCUT2D eigenvalue weighted by Gasteiger charge is 2.34. The Labute approximate surface area is 103 Å². The van der Waals surface area contributed by atoms with Crippen LogP contribution in [0.1, 0.15) is 19.3 Å². The molecular formula is C12H24N4O. The summed E-state index contributed by atoms with van der Waals surface area (Å²) >= 11 is 0. The van der Waals surface area contributed by atoms with Crippen molar-refractivity contribution in [3.8, 4) is 0 Å². The van der Waals surface area contributed by atoms with Crippen LogP contribution in [0.5, 0.6) is 0 Å². The Morgan fingerprint density at radius 2 is 2.12 bits per heavy atom. The fraction of sp³-hybridized carbons (Fsp3) is 0.917. The number of hydrogen-bond acceptors (Lipinski definition) is 4. The van der Waals surface area contributed by atoms with Crippen LogP contribution in [0.25, 0.3) is 0 Å². The van der Waals surface area contributed by atoms with Gasteiger partial charge in [-0.1, -0.05) is 0 Å². The van der Waals surface area contributed by atoms with E-state index in [2.05, 4.69) is 22.2 Å². The van der Waals surface area contributed by atoms with E-state index in [0.717, 1.165) is 19.1 Å². The van der Waals surface area contributed by atoms with E-state index in [1.54, 1.807) is 0 Å². The third kappa shape index (κ3) is 3.18. The van der Waals surface area contributed by atoms with Crippen LogP contribution in [-0.4, -0.2) is 67.6 Å². The molecule has 2 aliphatic rings. The number of rotatable bonds is 4. The quantitative estimate of drug-likeness (QED) is 0.677. The minimum Gasteiger partial charge on any atom is -0.354 e. The van der Waals surface area contributed by atoms with Gasteiger partial charge in [0.05, 0.1) is 6.54 Å². The summed E-state index contributed by atoms with van der Waals surface area (Å²) in [6.45, 7) is 3.69. The molecule has 2 atom stereocenters. The summed E-state index contributed by atoms with van der Waals surface area (Å²) in [6, 6.07) is 1.38. The smallest absolute Gasteiger partial charge is 0.234 e. The number of carbonyl (C=O) groups is 1. The second kappa shape index (κ2) is 5.80. The number of carbonyl (C=O) groups excluding carboxylic acids is 1. The molecule has 0 aromatic carbocycles. The summed E-state index contributed by atoms with van der Waals surface area (Å²) in [6.07, 6.45) is 3.80. The van der Waals surface area contributed by atoms with Crippen LogP contribution in [0.4, 0.5) is 0 Å². The van der Waals surface area contributed by atoms with E-state index in [0.29, 0.717) is 25.7 Å². The minimum atomic E-state index is 0.107. The van der Waals surface area contributed by atoms with Crippen LogP contribution < -0.4 is 11.1 Å². The van der Waals surface area contributed by atoms with Gasteiger partial charge in [0, 0.05) is 38.3 Å². The number of hydrogen-bond donors (Lipinski definition) is 2. The van der Waals surface area contributed by atoms with Crippen molar-refractivity contribution in [3.63, 3.8) is 0 Å². The lowest BCUT2D eigenvalue weighted by Gasteiger charge is -2.25. The maximum Gasteiger partial charge on any atom is 0.234 e. The van der Waals surface area contributed by atoms with E-state index in [9.17, 15) is 4.79 Å². The van der Waals surface area contributed by atoms with E-state index in [-0.39, 0.29) is 5.91 Å². The molecule has 3 N–H and O–H groups in total. The van der Waals surface area contributed by atoms with Gasteiger partial charge in [-0.3, -0.25) is 14.6 Å². The zero-order valence-corrected chi connectivity index (χ0v) is 10.7. The lowest BCUT2D eigenvalue weighted by Crippen LogP contribution is -2.42. The number of nitrogens with zero attached hydrogens (tertiary/aromatic N) is 2. The van der Waals surface area contributed by atoms with Crippen molar-refractivity contribution in [2.45, 2.75) is 31.3 Å². The first kappa shape index (κ1) is 12.8. The maximum atomic E-state index is 11.6. The van der Waals surface area contributed by atoms with Gasteiger partial charge in [-0.2, -0.15) is 0 Å². The Morgan fingerprint density at radius 1 is 1.35 bits per heavy atom. The van der Waals surface area contributed by atoms with Gasteiger partial charge in [0.2, 0.25) is 5.91 Å². The molecule has 0 aliphatic carbocycles. The fourth-order valence-electron chi connectivity index (χ4n) is 2.99. The first-order chi connectivity index (χ1) is 8.20. The predicted octanol–water partition coefficient (Wildman–Crippen LogP) is -0.770. The van der Waals surface area contributed by atoms with Crippen LogP contribution in [0.3, 0.4) is 0 Å². The summed E-state index contributed by atoms with van der Waals surface area (Å²) in [5, 5.41) is 2.84. The number of amides is 1. The molecule has 98 valence electrons. The highest BCUT2D eigenvalue weighted by molar-refractivity contribution is 5.78. The Hall–Kier alpha value is -0.650. The molecule has 2 unspecified atom stereocenters. The molecule has 0 saturated carbocycles. The monoisotopic (exact) mass is 240 g/mol. The van der Waals surface area contributed by atoms with E-state index < -0.39 is 0 Å². The van der Waals surface area contributed by atoms with Crippen molar-refractivity contribution in [3.05, 3.63) is 0 Å². The van der Waals surface area contributed by atoms with Crippen LogP contribution in [0.15, 0.2) is 0 Å². The highest BCUT2D eigenvalue weighted by Crippen LogP contribution is 2.28. The molecule has 2 bridgehead atoms. The van der Waals surface area contributed by atoms with Crippen molar-refractivity contribution in [1.29, 1.82) is 0 Å². The molecule has 5 heteroatoms. The fourth-order valence-corrected chi connectivity index (χ4v) is 2.99. The van der Waals surface area contributed by atoms with Crippen molar-refractivity contribution in [2.75, 3.05) is 39.8 Å². The van der Waals surface area contributed by atoms with Crippen LogP contribution >= 0.6 is 0 Å². The maximum absolute atomic E-state index is 11.6. The van der Waals surface area contributed by atoms with Crippen molar-refractivity contribution in [2.24, 2.45) is 5.73 Å². The molecule has 2 fully saturated rings. The average Bonchev–Trinajstić information content (AvgIpc) is 2.55. The second-order valence-corrected chi connectivity index (χ2v) is 5.21. The topological polar surface area (TPSA) is 61.6 Å². The largest absolute Gasteiger partial charge is 0.354 e. The lowest BCUT2D eigenvalue weighted by atomic mass is 10.1. The molecule has 2 saturated heterocycles. The summed E-state index contributed by atoms with van der Waals surface area (Å²) in [7, 11) is 2.22. The zero-order valence-electron chi connectivity index (χ0n) is 10.7. The minimum absolute atomic E-state index is 0.107. The molecule has 0 aromatic heterocycles. The van der Waals surface area contributed by atoms with E-state index in [1.807, 2.05) is 0 Å². The van der Waals surface area contributed by atoms with E-state index >= 15 is 0 Å². The second-order valence-electron chi connectivity index (χ2n) is 5.21. The summed E-state index contributed by atoms with van der Waals surface area (Å²) in [5.41, 5.74) is 5.37. The molecule has 2 aliphatic heterocycles. The van der Waals surface area contributed by atoms with Gasteiger partial charge in [0.25, 0.3) is 0 Å². The Bertz CT molecular complexity index is 271. The summed E-state index contributed by atoms with van der Waals surface area (Å²) < 4.78 is 0. The average molecular weight is 240 g/mol. The number of fused-ring (bicyclic) bond motifs is 2. The van der Waals surface area contributed by atoms with Crippen molar-refractivity contribution >= 4 is 5.91 Å². The molecule has 0 aromatic rings. The molecule has 0 spiro atoms. The van der Waals surface area contributed by atoms with Crippen LogP contribution in [0, 0.1) is 0 Å². The molecule has 1 amide bonds. The van der Waals surface area contributed by atoms with Gasteiger partial charge < -0.3 is 11.1 Å². The molecule has 2 heterocycles. The van der Waals surface area contributed by atoms with Gasteiger partial charge in [0.15, 0.2) is 0 Å².